The number of ether oxygens (including phenoxy) is 1. The van der Waals surface area contributed by atoms with Crippen molar-refractivity contribution < 1.29 is 13.0 Å². The molecule has 0 saturated heterocycles. The Morgan fingerprint density at radius 1 is 1.62 bits per heavy atom. The predicted octanol–water partition coefficient (Wildman–Crippen LogP) is 1.94. The maximum atomic E-state index is 9.84. The molecule has 78 valence electrons. The third-order valence-electron chi connectivity index (χ3n) is 1.23. The topological polar surface area (TPSA) is 46.5 Å². The van der Waals surface area contributed by atoms with Gasteiger partial charge in [0.15, 0.2) is 0 Å². The zero-order chi connectivity index (χ0) is 10.9. The van der Waals surface area contributed by atoms with E-state index in [9.17, 15) is 8.24 Å². The van der Waals surface area contributed by atoms with Crippen molar-refractivity contribution in [1.82, 2.24) is 0 Å². The van der Waals surface area contributed by atoms with E-state index in [2.05, 4.69) is 18.2 Å². The van der Waals surface area contributed by atoms with Gasteiger partial charge in [0, 0.05) is 6.08 Å². The normalized spacial score (nSPS) is 9.62. The van der Waals surface area contributed by atoms with Crippen LogP contribution < -0.4 is 0 Å². The third kappa shape index (κ3) is 18.7. The van der Waals surface area contributed by atoms with Crippen LogP contribution in [0.15, 0.2) is 12.7 Å². The predicted molar refractivity (Wildman–Crippen MR) is 57.0 cm³/mol. The average molecular weight is 295 g/mol. The molecule has 0 unspecified atom stereocenters. The van der Waals surface area contributed by atoms with Gasteiger partial charge in [-0.05, 0) is 0 Å². The summed E-state index contributed by atoms with van der Waals surface area (Å²) in [6.07, 6.45) is 2.26. The Morgan fingerprint density at radius 2 is 2.08 bits per heavy atom. The first-order valence-electron chi connectivity index (χ1n) is 4.30. The summed E-state index contributed by atoms with van der Waals surface area (Å²) in [7, 11) is 1.31. The fourth-order valence-electron chi connectivity index (χ4n) is 0.695. The summed E-state index contributed by atoms with van der Waals surface area (Å²) in [5.74, 6) is -0.394. The third-order valence-corrected chi connectivity index (χ3v) is 6.15. The van der Waals surface area contributed by atoms with Gasteiger partial charge in [0.05, 0.1) is 7.11 Å². The second kappa shape index (κ2) is 8.56. The molecule has 0 aliphatic heterocycles. The molecule has 0 aromatic heterocycles. The SMILES string of the molecule is C=CC(=O)OC.CC[CH2][Sn]([CH3])([CH3])[OH]. The number of esters is 1. The Kier molecular flexibility index (Phi) is 10.2. The summed E-state index contributed by atoms with van der Waals surface area (Å²) in [6.45, 7) is 5.28. The van der Waals surface area contributed by atoms with Crippen LogP contribution in [0.4, 0.5) is 0 Å². The van der Waals surface area contributed by atoms with Crippen LogP contribution >= 0.6 is 0 Å². The quantitative estimate of drug-likeness (QED) is 0.492. The zero-order valence-electron chi connectivity index (χ0n) is 8.96. The molecule has 0 bridgehead atoms. The molecular formula is C9H20O3Sn. The minimum atomic E-state index is -2.28. The number of hydrogen-bond donors (Lipinski definition) is 1. The number of rotatable bonds is 3. The molecule has 4 heteroatoms. The van der Waals surface area contributed by atoms with Crippen molar-refractivity contribution in [2.75, 3.05) is 7.11 Å². The Balaban J connectivity index is 0. The molecule has 0 spiro atoms. The van der Waals surface area contributed by atoms with Crippen LogP contribution in [0.5, 0.6) is 0 Å². The monoisotopic (exact) mass is 296 g/mol. The molecule has 1 N–H and O–H groups in total. The van der Waals surface area contributed by atoms with E-state index in [1.807, 2.05) is 9.88 Å². The zero-order valence-corrected chi connectivity index (χ0v) is 11.8. The molecular weight excluding hydrogens is 275 g/mol. The first-order valence-corrected chi connectivity index (χ1v) is 13.3. The maximum absolute atomic E-state index is 9.84. The van der Waals surface area contributed by atoms with Crippen LogP contribution in [0.2, 0.25) is 14.3 Å². The Morgan fingerprint density at radius 3 is 2.08 bits per heavy atom. The van der Waals surface area contributed by atoms with Gasteiger partial charge < -0.3 is 4.74 Å². The van der Waals surface area contributed by atoms with Gasteiger partial charge >= 0.3 is 55.9 Å². The van der Waals surface area contributed by atoms with E-state index in [1.54, 1.807) is 0 Å². The van der Waals surface area contributed by atoms with E-state index in [0.29, 0.717) is 0 Å². The first kappa shape index (κ1) is 15.4. The molecule has 0 aromatic rings. The van der Waals surface area contributed by atoms with Crippen LogP contribution in [-0.2, 0) is 9.53 Å². The standard InChI is InChI=1S/C4H6O2.C3H7.2CH3.H2O.Sn/c1-3-4(5)6-2;1-3-2;;;;/h3H,1H2,2H3;1,3H2,2H3;2*1H3;1H2;/q;;;;;+1/p-1. The number of methoxy groups -OCH3 is 1. The molecule has 0 atom stereocenters. The minimum absolute atomic E-state index is 0.394. The van der Waals surface area contributed by atoms with Crippen molar-refractivity contribution in [1.29, 1.82) is 0 Å². The van der Waals surface area contributed by atoms with Gasteiger partial charge in [-0.1, -0.05) is 6.58 Å². The second-order valence-electron chi connectivity index (χ2n) is 3.29. The van der Waals surface area contributed by atoms with Crippen LogP contribution in [0.3, 0.4) is 0 Å². The van der Waals surface area contributed by atoms with E-state index < -0.39 is 24.8 Å². The fraction of sp³-hybridized carbons (Fsp3) is 0.667. The summed E-state index contributed by atoms with van der Waals surface area (Å²) in [6, 6.07) is 0. The van der Waals surface area contributed by atoms with Gasteiger partial charge in [0.2, 0.25) is 0 Å². The second-order valence-corrected chi connectivity index (χ2v) is 15.1. The van der Waals surface area contributed by atoms with Crippen molar-refractivity contribution in [2.45, 2.75) is 27.7 Å². The van der Waals surface area contributed by atoms with Crippen LogP contribution in [0, 0.1) is 0 Å². The van der Waals surface area contributed by atoms with Crippen LogP contribution in [0.25, 0.3) is 0 Å². The molecule has 0 radical (unpaired) electrons. The average Bonchev–Trinajstić information content (AvgIpc) is 2.02. The summed E-state index contributed by atoms with van der Waals surface area (Å²) in [4.78, 5) is 13.9. The summed E-state index contributed by atoms with van der Waals surface area (Å²) >= 11 is -2.28. The van der Waals surface area contributed by atoms with Crippen LogP contribution in [-0.4, -0.2) is 35.3 Å². The molecule has 0 fully saturated rings. The Labute approximate surface area is 85.2 Å². The molecule has 3 nitrogen and oxygen atoms in total. The molecule has 13 heavy (non-hydrogen) atoms. The number of carbonyl (C=O) groups excluding carboxylic acids is 1. The van der Waals surface area contributed by atoms with Gasteiger partial charge in [-0.3, -0.25) is 0 Å². The summed E-state index contributed by atoms with van der Waals surface area (Å²) < 4.78 is 14.5. The van der Waals surface area contributed by atoms with E-state index in [4.69, 9.17) is 0 Å². The summed E-state index contributed by atoms with van der Waals surface area (Å²) in [5, 5.41) is 0. The molecule has 0 heterocycles. The van der Waals surface area contributed by atoms with Crippen molar-refractivity contribution in [2.24, 2.45) is 0 Å². The van der Waals surface area contributed by atoms with Gasteiger partial charge in [0.25, 0.3) is 0 Å². The van der Waals surface area contributed by atoms with Gasteiger partial charge in [-0.2, -0.15) is 0 Å². The van der Waals surface area contributed by atoms with Gasteiger partial charge in [-0.25, -0.2) is 4.79 Å². The summed E-state index contributed by atoms with van der Waals surface area (Å²) in [5.41, 5.74) is 0. The van der Waals surface area contributed by atoms with Gasteiger partial charge in [-0.15, -0.1) is 0 Å². The molecule has 0 amide bonds. The van der Waals surface area contributed by atoms with E-state index in [-0.39, 0.29) is 0 Å². The molecule has 0 rings (SSSR count). The number of hydrogen-bond acceptors (Lipinski definition) is 3. The molecule has 0 aromatic carbocycles. The van der Waals surface area contributed by atoms with Crippen molar-refractivity contribution >= 4 is 24.8 Å². The molecule has 0 aliphatic carbocycles. The fourth-order valence-corrected chi connectivity index (χ4v) is 4.19. The van der Waals surface area contributed by atoms with E-state index in [0.717, 1.165) is 16.9 Å². The van der Waals surface area contributed by atoms with E-state index in [1.165, 1.54) is 7.11 Å². The Hall–Kier alpha value is -0.0313. The first-order chi connectivity index (χ1) is 5.87. The van der Waals surface area contributed by atoms with Crippen LogP contribution in [0.1, 0.15) is 13.3 Å². The van der Waals surface area contributed by atoms with Gasteiger partial charge in [0.1, 0.15) is 0 Å². The van der Waals surface area contributed by atoms with Crippen molar-refractivity contribution in [3.63, 3.8) is 0 Å². The molecule has 0 aliphatic rings. The van der Waals surface area contributed by atoms with E-state index >= 15 is 0 Å². The Bertz CT molecular complexity index is 149. The molecule has 0 saturated carbocycles. The number of carbonyl (C=O) groups is 1. The van der Waals surface area contributed by atoms with Crippen molar-refractivity contribution in [3.8, 4) is 0 Å². The van der Waals surface area contributed by atoms with Crippen molar-refractivity contribution in [3.05, 3.63) is 12.7 Å².